The van der Waals surface area contributed by atoms with Crippen LogP contribution in [0.1, 0.15) is 54.9 Å². The lowest BCUT2D eigenvalue weighted by Gasteiger charge is -2.26. The molecule has 0 bridgehead atoms. The zero-order chi connectivity index (χ0) is 20.3. The number of hydrogen-bond donors (Lipinski definition) is 0. The molecule has 2 heterocycles. The van der Waals surface area contributed by atoms with Gasteiger partial charge in [0.15, 0.2) is 0 Å². The van der Waals surface area contributed by atoms with E-state index < -0.39 is 0 Å². The van der Waals surface area contributed by atoms with Gasteiger partial charge >= 0.3 is 11.9 Å². The minimum absolute atomic E-state index is 0.220. The second-order valence-electron chi connectivity index (χ2n) is 7.88. The van der Waals surface area contributed by atoms with Crippen LogP contribution in [0.2, 0.25) is 0 Å². The van der Waals surface area contributed by atoms with E-state index in [0.29, 0.717) is 18.8 Å². The number of ether oxygens (including phenoxy) is 3. The molecule has 0 radical (unpaired) electrons. The third-order valence-electron chi connectivity index (χ3n) is 5.79. The summed E-state index contributed by atoms with van der Waals surface area (Å²) >= 11 is 0. The van der Waals surface area contributed by atoms with Gasteiger partial charge in [-0.25, -0.2) is 0 Å². The summed E-state index contributed by atoms with van der Waals surface area (Å²) in [5.41, 5.74) is 3.79. The van der Waals surface area contributed by atoms with Crippen LogP contribution >= 0.6 is 0 Å². The molecule has 1 aromatic rings. The molecule has 0 N–H and O–H groups in total. The molecule has 0 spiro atoms. The molecule has 1 fully saturated rings. The molecule has 0 aromatic heterocycles. The molecule has 28 heavy (non-hydrogen) atoms. The fraction of sp³-hybridized carbons (Fsp3) is 0.636. The second-order valence-corrected chi connectivity index (χ2v) is 7.88. The number of esters is 2. The number of carbonyl (C=O) groups is 2. The SMILES string of the molecule is CC(=O)Oc1c(C)c(C)c2c(c1C)CC(CC(=O)OCCN1CCCCC1)O2. The van der Waals surface area contributed by atoms with Crippen LogP contribution in [0.3, 0.4) is 0 Å². The Labute approximate surface area is 167 Å². The van der Waals surface area contributed by atoms with Crippen molar-refractivity contribution in [1.82, 2.24) is 4.90 Å². The van der Waals surface area contributed by atoms with Crippen LogP contribution in [0.4, 0.5) is 0 Å². The number of benzene rings is 1. The van der Waals surface area contributed by atoms with Gasteiger partial charge in [0, 0.05) is 25.5 Å². The van der Waals surface area contributed by atoms with E-state index in [1.54, 1.807) is 0 Å². The monoisotopic (exact) mass is 389 g/mol. The molecule has 6 nitrogen and oxygen atoms in total. The minimum atomic E-state index is -0.335. The number of likely N-dealkylation sites (tertiary alicyclic amines) is 1. The Hall–Kier alpha value is -2.08. The summed E-state index contributed by atoms with van der Waals surface area (Å²) in [6.45, 7) is 10.7. The maximum absolute atomic E-state index is 12.3. The summed E-state index contributed by atoms with van der Waals surface area (Å²) in [6, 6.07) is 0. The van der Waals surface area contributed by atoms with Gasteiger partial charge in [-0.2, -0.15) is 0 Å². The van der Waals surface area contributed by atoms with Gasteiger partial charge in [0.25, 0.3) is 0 Å². The molecule has 6 heteroatoms. The molecular formula is C22H31NO5. The van der Waals surface area contributed by atoms with Crippen LogP contribution in [-0.2, 0) is 20.7 Å². The van der Waals surface area contributed by atoms with Crippen molar-refractivity contribution < 1.29 is 23.8 Å². The van der Waals surface area contributed by atoms with Gasteiger partial charge in [-0.1, -0.05) is 6.42 Å². The zero-order valence-corrected chi connectivity index (χ0v) is 17.4. The molecule has 3 rings (SSSR count). The number of rotatable bonds is 6. The van der Waals surface area contributed by atoms with E-state index in [-0.39, 0.29) is 24.5 Å². The van der Waals surface area contributed by atoms with Gasteiger partial charge in [0.2, 0.25) is 0 Å². The molecular weight excluding hydrogens is 358 g/mol. The van der Waals surface area contributed by atoms with E-state index in [2.05, 4.69) is 4.90 Å². The fourth-order valence-corrected chi connectivity index (χ4v) is 4.12. The van der Waals surface area contributed by atoms with Crippen molar-refractivity contribution in [3.8, 4) is 11.5 Å². The van der Waals surface area contributed by atoms with Crippen molar-refractivity contribution in [3.63, 3.8) is 0 Å². The Morgan fingerprint density at radius 1 is 1.07 bits per heavy atom. The van der Waals surface area contributed by atoms with Gasteiger partial charge in [0.1, 0.15) is 24.2 Å². The van der Waals surface area contributed by atoms with E-state index in [1.807, 2.05) is 20.8 Å². The van der Waals surface area contributed by atoms with Crippen molar-refractivity contribution in [2.45, 2.75) is 65.9 Å². The van der Waals surface area contributed by atoms with Gasteiger partial charge in [-0.05, 0) is 63.4 Å². The second kappa shape index (κ2) is 8.95. The summed E-state index contributed by atoms with van der Waals surface area (Å²) in [5.74, 6) is 0.870. The molecule has 1 unspecified atom stereocenters. The molecule has 2 aliphatic heterocycles. The summed E-state index contributed by atoms with van der Waals surface area (Å²) in [4.78, 5) is 26.0. The van der Waals surface area contributed by atoms with E-state index in [0.717, 1.165) is 47.6 Å². The molecule has 0 amide bonds. The van der Waals surface area contributed by atoms with Gasteiger partial charge in [-0.15, -0.1) is 0 Å². The number of hydrogen-bond acceptors (Lipinski definition) is 6. The third kappa shape index (κ3) is 4.66. The van der Waals surface area contributed by atoms with Crippen molar-refractivity contribution >= 4 is 11.9 Å². The normalized spacial score (nSPS) is 19.1. The topological polar surface area (TPSA) is 65.1 Å². The summed E-state index contributed by atoms with van der Waals surface area (Å²) in [7, 11) is 0. The highest BCUT2D eigenvalue weighted by Gasteiger charge is 2.31. The fourth-order valence-electron chi connectivity index (χ4n) is 4.12. The Kier molecular flexibility index (Phi) is 6.60. The first-order chi connectivity index (χ1) is 13.4. The van der Waals surface area contributed by atoms with Crippen LogP contribution in [-0.4, -0.2) is 49.2 Å². The Morgan fingerprint density at radius 3 is 2.46 bits per heavy atom. The number of fused-ring (bicyclic) bond motifs is 1. The smallest absolute Gasteiger partial charge is 0.309 e. The lowest BCUT2D eigenvalue weighted by molar-refractivity contribution is -0.145. The van der Waals surface area contributed by atoms with Gasteiger partial charge in [-0.3, -0.25) is 14.5 Å². The highest BCUT2D eigenvalue weighted by Crippen LogP contribution is 2.43. The predicted molar refractivity (Wildman–Crippen MR) is 106 cm³/mol. The van der Waals surface area contributed by atoms with E-state index in [1.165, 1.54) is 26.2 Å². The average Bonchev–Trinajstić information content (AvgIpc) is 3.08. The van der Waals surface area contributed by atoms with Crippen LogP contribution in [0, 0.1) is 20.8 Å². The maximum atomic E-state index is 12.3. The Morgan fingerprint density at radius 2 is 1.79 bits per heavy atom. The summed E-state index contributed by atoms with van der Waals surface area (Å²) in [5, 5.41) is 0. The average molecular weight is 389 g/mol. The highest BCUT2D eigenvalue weighted by atomic mass is 16.5. The van der Waals surface area contributed by atoms with Crippen molar-refractivity contribution in [3.05, 3.63) is 22.3 Å². The Bertz CT molecular complexity index is 752. The first kappa shape index (κ1) is 20.6. The molecule has 1 atom stereocenters. The van der Waals surface area contributed by atoms with Crippen molar-refractivity contribution in [1.29, 1.82) is 0 Å². The standard InChI is InChI=1S/C22H31NO5/c1-14-15(2)22-19(16(3)21(14)27-17(4)24)12-18(28-22)13-20(25)26-11-10-23-8-6-5-7-9-23/h18H,5-13H2,1-4H3. The highest BCUT2D eigenvalue weighted by molar-refractivity contribution is 5.73. The largest absolute Gasteiger partial charge is 0.489 e. The van der Waals surface area contributed by atoms with Crippen LogP contribution in [0.15, 0.2) is 0 Å². The first-order valence-corrected chi connectivity index (χ1v) is 10.2. The lowest BCUT2D eigenvalue weighted by atomic mass is 9.95. The van der Waals surface area contributed by atoms with Gasteiger partial charge in [0.05, 0.1) is 6.42 Å². The third-order valence-corrected chi connectivity index (χ3v) is 5.79. The summed E-state index contributed by atoms with van der Waals surface area (Å²) in [6.07, 6.45) is 4.38. The quantitative estimate of drug-likeness (QED) is 0.550. The molecule has 0 aliphatic carbocycles. The van der Waals surface area contributed by atoms with Crippen molar-refractivity contribution in [2.75, 3.05) is 26.2 Å². The number of nitrogens with zero attached hydrogens (tertiary/aromatic N) is 1. The maximum Gasteiger partial charge on any atom is 0.309 e. The van der Waals surface area contributed by atoms with Crippen LogP contribution in [0.5, 0.6) is 11.5 Å². The molecule has 1 saturated heterocycles. The lowest BCUT2D eigenvalue weighted by Crippen LogP contribution is -2.33. The van der Waals surface area contributed by atoms with Crippen molar-refractivity contribution in [2.24, 2.45) is 0 Å². The molecule has 0 saturated carbocycles. The van der Waals surface area contributed by atoms with E-state index in [9.17, 15) is 9.59 Å². The van der Waals surface area contributed by atoms with Crippen LogP contribution < -0.4 is 9.47 Å². The number of carbonyl (C=O) groups excluding carboxylic acids is 2. The van der Waals surface area contributed by atoms with Gasteiger partial charge < -0.3 is 14.2 Å². The summed E-state index contributed by atoms with van der Waals surface area (Å²) < 4.78 is 16.9. The van der Waals surface area contributed by atoms with E-state index in [4.69, 9.17) is 14.2 Å². The Balaban J connectivity index is 1.56. The van der Waals surface area contributed by atoms with Crippen LogP contribution in [0.25, 0.3) is 0 Å². The number of piperidine rings is 1. The minimum Gasteiger partial charge on any atom is -0.489 e. The predicted octanol–water partition coefficient (Wildman–Crippen LogP) is 3.26. The van der Waals surface area contributed by atoms with E-state index >= 15 is 0 Å². The molecule has 1 aromatic carbocycles. The molecule has 154 valence electrons. The first-order valence-electron chi connectivity index (χ1n) is 10.2. The zero-order valence-electron chi connectivity index (χ0n) is 17.4. The molecule has 2 aliphatic rings.